The zero-order valence-electron chi connectivity index (χ0n) is 21.3. The van der Waals surface area contributed by atoms with E-state index in [1.54, 1.807) is 0 Å². The van der Waals surface area contributed by atoms with E-state index < -0.39 is 0 Å². The van der Waals surface area contributed by atoms with E-state index in [-0.39, 0.29) is 11.6 Å². The van der Waals surface area contributed by atoms with E-state index in [4.69, 9.17) is 0 Å². The van der Waals surface area contributed by atoms with Crippen LogP contribution in [0, 0.1) is 6.92 Å². The molecule has 0 spiro atoms. The van der Waals surface area contributed by atoms with Crippen LogP contribution in [-0.4, -0.2) is 30.1 Å². The number of H-pyrrole nitrogens is 1. The Kier molecular flexibility index (Phi) is 7.51. The summed E-state index contributed by atoms with van der Waals surface area (Å²) in [5.41, 5.74) is 5.01. The number of hydrogen-bond donors (Lipinski definition) is 1. The fraction of sp³-hybridized carbons (Fsp3) is 0.267. The Morgan fingerprint density at radius 1 is 0.919 bits per heavy atom. The van der Waals surface area contributed by atoms with Gasteiger partial charge in [-0.2, -0.15) is 0 Å². The highest BCUT2D eigenvalue weighted by atomic mass is 16.1. The summed E-state index contributed by atoms with van der Waals surface area (Å²) >= 11 is 0. The monoisotopic (exact) mass is 492 g/mol. The average molecular weight is 493 g/mol. The highest BCUT2D eigenvalue weighted by Gasteiger charge is 2.27. The second kappa shape index (κ2) is 11.3. The lowest BCUT2D eigenvalue weighted by molar-refractivity contribution is 0.156. The smallest absolute Gasteiger partial charge is 0.252 e. The molecule has 5 rings (SSSR count). The number of nitrogens with one attached hydrogen (secondary N) is 1. The van der Waals surface area contributed by atoms with Gasteiger partial charge in [0.05, 0.1) is 12.6 Å². The van der Waals surface area contributed by atoms with Crippen LogP contribution < -0.4 is 5.56 Å². The van der Waals surface area contributed by atoms with Gasteiger partial charge in [-0.15, -0.1) is 5.10 Å². The van der Waals surface area contributed by atoms with Crippen LogP contribution in [0.1, 0.15) is 53.9 Å². The van der Waals surface area contributed by atoms with Gasteiger partial charge in [0, 0.05) is 24.2 Å². The minimum atomic E-state index is -0.0615. The number of hydrogen-bond acceptors (Lipinski definition) is 5. The van der Waals surface area contributed by atoms with Crippen molar-refractivity contribution in [3.05, 3.63) is 123 Å². The number of rotatable bonds is 10. The van der Waals surface area contributed by atoms with Gasteiger partial charge in [0.2, 0.25) is 0 Å². The van der Waals surface area contributed by atoms with Crippen LogP contribution >= 0.6 is 0 Å². The standard InChI is InChI=1S/C30H32N6O/c1-3-10-28(29-32-33-34-36(29)20-24-13-8-5-9-14-24)35(19-23-11-6-4-7-12-23)21-26-18-25-17-22(2)15-16-27(25)31-30(26)37/h4-9,11-18,28H,3,10,19-21H2,1-2H3,(H,31,37). The first kappa shape index (κ1) is 24.6. The summed E-state index contributed by atoms with van der Waals surface area (Å²) in [5, 5.41) is 13.9. The molecule has 0 radical (unpaired) electrons. The first-order valence-corrected chi connectivity index (χ1v) is 12.8. The maximum atomic E-state index is 13.2. The Hall–Kier alpha value is -4.10. The molecular weight excluding hydrogens is 460 g/mol. The quantitative estimate of drug-likeness (QED) is 0.282. The minimum absolute atomic E-state index is 0.0588. The van der Waals surface area contributed by atoms with Gasteiger partial charge in [-0.25, -0.2) is 4.68 Å². The predicted molar refractivity (Wildman–Crippen MR) is 146 cm³/mol. The van der Waals surface area contributed by atoms with Crippen LogP contribution in [0.4, 0.5) is 0 Å². The van der Waals surface area contributed by atoms with E-state index in [0.29, 0.717) is 19.6 Å². The molecule has 37 heavy (non-hydrogen) atoms. The Morgan fingerprint density at radius 2 is 1.65 bits per heavy atom. The molecule has 0 aliphatic rings. The fourth-order valence-electron chi connectivity index (χ4n) is 4.87. The molecule has 5 aromatic rings. The molecule has 0 saturated heterocycles. The van der Waals surface area contributed by atoms with Crippen molar-refractivity contribution in [2.75, 3.05) is 0 Å². The van der Waals surface area contributed by atoms with E-state index in [0.717, 1.165) is 46.3 Å². The zero-order valence-corrected chi connectivity index (χ0v) is 21.3. The summed E-state index contributed by atoms with van der Waals surface area (Å²) < 4.78 is 1.89. The fourth-order valence-corrected chi connectivity index (χ4v) is 4.87. The Labute approximate surface area is 216 Å². The largest absolute Gasteiger partial charge is 0.322 e. The number of pyridine rings is 1. The summed E-state index contributed by atoms with van der Waals surface area (Å²) in [6, 6.07) is 28.6. The van der Waals surface area contributed by atoms with E-state index in [2.05, 4.69) is 69.6 Å². The van der Waals surface area contributed by atoms with Gasteiger partial charge in [-0.1, -0.05) is 85.6 Å². The number of fused-ring (bicyclic) bond motifs is 1. The normalized spacial score (nSPS) is 12.3. The van der Waals surface area contributed by atoms with Gasteiger partial charge in [0.25, 0.3) is 5.56 Å². The van der Waals surface area contributed by atoms with E-state index in [1.807, 2.05) is 59.3 Å². The van der Waals surface area contributed by atoms with Crippen molar-refractivity contribution in [2.24, 2.45) is 0 Å². The second-order valence-electron chi connectivity index (χ2n) is 9.59. The number of benzene rings is 3. The van der Waals surface area contributed by atoms with Crippen LogP contribution in [0.3, 0.4) is 0 Å². The number of tetrazole rings is 1. The third-order valence-corrected chi connectivity index (χ3v) is 6.71. The molecule has 2 aromatic heterocycles. The Morgan fingerprint density at radius 3 is 2.38 bits per heavy atom. The van der Waals surface area contributed by atoms with Gasteiger partial charge < -0.3 is 4.98 Å². The van der Waals surface area contributed by atoms with Crippen LogP contribution in [0.2, 0.25) is 0 Å². The first-order chi connectivity index (χ1) is 18.1. The van der Waals surface area contributed by atoms with Crippen LogP contribution in [0.5, 0.6) is 0 Å². The highest BCUT2D eigenvalue weighted by Crippen LogP contribution is 2.28. The maximum absolute atomic E-state index is 13.2. The van der Waals surface area contributed by atoms with Crippen molar-refractivity contribution >= 4 is 10.9 Å². The molecule has 2 heterocycles. The molecule has 3 aromatic carbocycles. The topological polar surface area (TPSA) is 79.7 Å². The number of aromatic nitrogens is 5. The van der Waals surface area contributed by atoms with Crippen LogP contribution in [0.25, 0.3) is 10.9 Å². The maximum Gasteiger partial charge on any atom is 0.252 e. The third-order valence-electron chi connectivity index (χ3n) is 6.71. The van der Waals surface area contributed by atoms with Crippen molar-refractivity contribution in [1.29, 1.82) is 0 Å². The molecule has 1 unspecified atom stereocenters. The minimum Gasteiger partial charge on any atom is -0.322 e. The lowest BCUT2D eigenvalue weighted by atomic mass is 10.0. The molecule has 0 aliphatic heterocycles. The molecule has 7 heteroatoms. The molecule has 0 amide bonds. The summed E-state index contributed by atoms with van der Waals surface area (Å²) in [7, 11) is 0. The van der Waals surface area contributed by atoms with Gasteiger partial charge in [0.15, 0.2) is 5.82 Å². The average Bonchev–Trinajstić information content (AvgIpc) is 3.36. The van der Waals surface area contributed by atoms with Crippen molar-refractivity contribution in [1.82, 2.24) is 30.1 Å². The van der Waals surface area contributed by atoms with Crippen molar-refractivity contribution in [3.63, 3.8) is 0 Å². The Bertz CT molecular complexity index is 1510. The van der Waals surface area contributed by atoms with Crippen LogP contribution in [0.15, 0.2) is 89.7 Å². The second-order valence-corrected chi connectivity index (χ2v) is 9.59. The number of aromatic amines is 1. The van der Waals surface area contributed by atoms with Gasteiger partial charge in [-0.05, 0) is 58.5 Å². The molecule has 0 bridgehead atoms. The van der Waals surface area contributed by atoms with Crippen molar-refractivity contribution in [2.45, 2.75) is 52.4 Å². The van der Waals surface area contributed by atoms with Gasteiger partial charge >= 0.3 is 0 Å². The molecule has 0 aliphatic carbocycles. The lowest BCUT2D eigenvalue weighted by Gasteiger charge is -2.31. The van der Waals surface area contributed by atoms with Crippen molar-refractivity contribution in [3.8, 4) is 0 Å². The van der Waals surface area contributed by atoms with Crippen molar-refractivity contribution < 1.29 is 0 Å². The summed E-state index contributed by atoms with van der Waals surface area (Å²) in [4.78, 5) is 18.6. The molecule has 1 N–H and O–H groups in total. The van der Waals surface area contributed by atoms with Gasteiger partial charge in [0.1, 0.15) is 0 Å². The zero-order chi connectivity index (χ0) is 25.6. The number of nitrogens with zero attached hydrogens (tertiary/aromatic N) is 5. The summed E-state index contributed by atoms with van der Waals surface area (Å²) in [5.74, 6) is 0.815. The molecule has 188 valence electrons. The first-order valence-electron chi connectivity index (χ1n) is 12.8. The predicted octanol–water partition coefficient (Wildman–Crippen LogP) is 5.41. The molecule has 0 saturated carbocycles. The number of aryl methyl sites for hydroxylation is 1. The van der Waals surface area contributed by atoms with Crippen LogP contribution in [-0.2, 0) is 19.6 Å². The third kappa shape index (κ3) is 5.84. The SMILES string of the molecule is CCCC(c1nnnn1Cc1ccccc1)N(Cc1ccccc1)Cc1cc2cc(C)ccc2[nH]c1=O. The molecular formula is C30H32N6O. The summed E-state index contributed by atoms with van der Waals surface area (Å²) in [6.45, 7) is 5.99. The highest BCUT2D eigenvalue weighted by molar-refractivity contribution is 5.79. The van der Waals surface area contributed by atoms with E-state index in [9.17, 15) is 4.79 Å². The molecule has 1 atom stereocenters. The lowest BCUT2D eigenvalue weighted by Crippen LogP contribution is -2.32. The Balaban J connectivity index is 1.54. The molecule has 0 fully saturated rings. The summed E-state index contributed by atoms with van der Waals surface area (Å²) in [6.07, 6.45) is 1.83. The van der Waals surface area contributed by atoms with E-state index >= 15 is 0 Å². The van der Waals surface area contributed by atoms with Gasteiger partial charge in [-0.3, -0.25) is 9.69 Å². The molecule has 7 nitrogen and oxygen atoms in total. The van der Waals surface area contributed by atoms with E-state index in [1.165, 1.54) is 5.56 Å².